The van der Waals surface area contributed by atoms with E-state index < -0.39 is 23.8 Å². The van der Waals surface area contributed by atoms with Crippen LogP contribution in [-0.4, -0.2) is 34.7 Å². The highest BCUT2D eigenvalue weighted by Crippen LogP contribution is 2.49. The molecule has 5 nitrogen and oxygen atoms in total. The van der Waals surface area contributed by atoms with Crippen LogP contribution in [0.2, 0.25) is 0 Å². The second-order valence-corrected chi connectivity index (χ2v) is 11.2. The number of alkyl halides is 3. The van der Waals surface area contributed by atoms with E-state index in [0.717, 1.165) is 48.2 Å². The van der Waals surface area contributed by atoms with E-state index in [9.17, 15) is 22.4 Å². The van der Waals surface area contributed by atoms with Gasteiger partial charge in [0.15, 0.2) is 0 Å². The van der Waals surface area contributed by atoms with Gasteiger partial charge in [0, 0.05) is 31.7 Å². The standard InChI is InChI=1S/C26H32F4N4O/c1-24(2,3)17-11-16(27)12-20-22(17)25(14-31-15-25)23(35)34(20)13-21-32-18-7-4-5-8-19(18)33(21)10-6-9-26(28,29)30/h11-12,31H,4-10,13-15H2,1-3H3. The third-order valence-corrected chi connectivity index (χ3v) is 7.62. The molecule has 1 aromatic carbocycles. The number of carbonyl (C=O) groups is 1. The van der Waals surface area contributed by atoms with Crippen LogP contribution >= 0.6 is 0 Å². The molecule has 9 heteroatoms. The zero-order valence-electron chi connectivity index (χ0n) is 20.5. The number of imidazole rings is 1. The van der Waals surface area contributed by atoms with Crippen molar-refractivity contribution in [3.63, 3.8) is 0 Å². The summed E-state index contributed by atoms with van der Waals surface area (Å²) in [5, 5.41) is 3.22. The lowest BCUT2D eigenvalue weighted by molar-refractivity contribution is -0.136. The second-order valence-electron chi connectivity index (χ2n) is 11.2. The number of aromatic nitrogens is 2. The molecule has 2 aliphatic heterocycles. The number of aryl methyl sites for hydroxylation is 1. The van der Waals surface area contributed by atoms with Gasteiger partial charge in [-0.05, 0) is 60.8 Å². The highest BCUT2D eigenvalue weighted by Gasteiger charge is 2.57. The third-order valence-electron chi connectivity index (χ3n) is 7.62. The topological polar surface area (TPSA) is 50.2 Å². The first-order chi connectivity index (χ1) is 16.4. The van der Waals surface area contributed by atoms with E-state index in [1.165, 1.54) is 12.1 Å². The van der Waals surface area contributed by atoms with Crippen LogP contribution in [0, 0.1) is 5.82 Å². The molecule has 35 heavy (non-hydrogen) atoms. The zero-order chi connectivity index (χ0) is 25.2. The Morgan fingerprint density at radius 1 is 1.11 bits per heavy atom. The number of amides is 1. The fraction of sp³-hybridized carbons (Fsp3) is 0.615. The van der Waals surface area contributed by atoms with E-state index in [0.29, 0.717) is 24.6 Å². The molecule has 190 valence electrons. The van der Waals surface area contributed by atoms with Crippen LogP contribution in [0.3, 0.4) is 0 Å². The first-order valence-electron chi connectivity index (χ1n) is 12.4. The fourth-order valence-corrected chi connectivity index (χ4v) is 5.85. The quantitative estimate of drug-likeness (QED) is 0.603. The molecule has 0 bridgehead atoms. The second kappa shape index (κ2) is 8.32. The third kappa shape index (κ3) is 4.15. The number of anilines is 1. The lowest BCUT2D eigenvalue weighted by atomic mass is 9.70. The summed E-state index contributed by atoms with van der Waals surface area (Å²) in [5.74, 6) is 0.0954. The molecular formula is C26H32F4N4O. The number of carbonyl (C=O) groups excluding carboxylic acids is 1. The fourth-order valence-electron chi connectivity index (χ4n) is 5.85. The van der Waals surface area contributed by atoms with Gasteiger partial charge >= 0.3 is 6.18 Å². The molecule has 1 saturated heterocycles. The monoisotopic (exact) mass is 492 g/mol. The van der Waals surface area contributed by atoms with Crippen molar-refractivity contribution in [1.29, 1.82) is 0 Å². The molecule has 0 radical (unpaired) electrons. The largest absolute Gasteiger partial charge is 0.389 e. The number of fused-ring (bicyclic) bond motifs is 3. The predicted octanol–water partition coefficient (Wildman–Crippen LogP) is 4.93. The van der Waals surface area contributed by atoms with Crippen LogP contribution in [0.15, 0.2) is 12.1 Å². The summed E-state index contributed by atoms with van der Waals surface area (Å²) in [5.41, 5.74) is 3.05. The predicted molar refractivity (Wildman–Crippen MR) is 125 cm³/mol. The minimum absolute atomic E-state index is 0.0412. The van der Waals surface area contributed by atoms with Gasteiger partial charge in [-0.15, -0.1) is 0 Å². The molecule has 1 spiro atoms. The smallest absolute Gasteiger partial charge is 0.330 e. The number of halogens is 4. The Balaban J connectivity index is 1.55. The molecule has 1 amide bonds. The van der Waals surface area contributed by atoms with E-state index in [4.69, 9.17) is 4.98 Å². The van der Waals surface area contributed by atoms with Crippen molar-refractivity contribution < 1.29 is 22.4 Å². The number of rotatable bonds is 5. The maximum atomic E-state index is 14.8. The highest BCUT2D eigenvalue weighted by atomic mass is 19.4. The minimum Gasteiger partial charge on any atom is -0.330 e. The SMILES string of the molecule is CC(C)(C)c1cc(F)cc2c1C1(CNC1)C(=O)N2Cc1nc2c(n1CCCC(F)(F)F)CCCC2. The molecule has 3 heterocycles. The molecule has 1 N–H and O–H groups in total. The van der Waals surface area contributed by atoms with Gasteiger partial charge < -0.3 is 14.8 Å². The van der Waals surface area contributed by atoms with Gasteiger partial charge in [-0.1, -0.05) is 20.8 Å². The Morgan fingerprint density at radius 2 is 1.83 bits per heavy atom. The van der Waals surface area contributed by atoms with Gasteiger partial charge in [0.2, 0.25) is 5.91 Å². The van der Waals surface area contributed by atoms with Crippen LogP contribution in [0.4, 0.5) is 23.2 Å². The molecule has 1 aromatic heterocycles. The molecule has 0 atom stereocenters. The van der Waals surface area contributed by atoms with Crippen LogP contribution in [-0.2, 0) is 41.6 Å². The summed E-state index contributed by atoms with van der Waals surface area (Å²) in [6, 6.07) is 2.96. The highest BCUT2D eigenvalue weighted by molar-refractivity contribution is 6.09. The lowest BCUT2D eigenvalue weighted by Crippen LogP contribution is -2.62. The molecule has 3 aliphatic rings. The van der Waals surface area contributed by atoms with Gasteiger partial charge in [0.1, 0.15) is 17.1 Å². The van der Waals surface area contributed by atoms with Crippen molar-refractivity contribution in [3.05, 3.63) is 46.3 Å². The van der Waals surface area contributed by atoms with Gasteiger partial charge in [-0.2, -0.15) is 13.2 Å². The van der Waals surface area contributed by atoms with E-state index in [1.54, 1.807) is 4.90 Å². The van der Waals surface area contributed by atoms with E-state index in [1.807, 2.05) is 25.3 Å². The first kappa shape index (κ1) is 24.3. The van der Waals surface area contributed by atoms with Crippen molar-refractivity contribution in [2.75, 3.05) is 18.0 Å². The molecule has 0 unspecified atom stereocenters. The van der Waals surface area contributed by atoms with Gasteiger partial charge in [0.25, 0.3) is 0 Å². The molecule has 0 saturated carbocycles. The zero-order valence-corrected chi connectivity index (χ0v) is 20.5. The normalized spacial score (nSPS) is 19.2. The Kier molecular flexibility index (Phi) is 5.77. The van der Waals surface area contributed by atoms with Crippen molar-refractivity contribution in [3.8, 4) is 0 Å². The van der Waals surface area contributed by atoms with Gasteiger partial charge in [-0.25, -0.2) is 9.37 Å². The van der Waals surface area contributed by atoms with E-state index >= 15 is 0 Å². The summed E-state index contributed by atoms with van der Waals surface area (Å²) in [6.07, 6.45) is -1.59. The lowest BCUT2D eigenvalue weighted by Gasteiger charge is -2.40. The average Bonchev–Trinajstić information content (AvgIpc) is 3.19. The minimum atomic E-state index is -4.21. The summed E-state index contributed by atoms with van der Waals surface area (Å²) >= 11 is 0. The Morgan fingerprint density at radius 3 is 2.46 bits per heavy atom. The van der Waals surface area contributed by atoms with Crippen molar-refractivity contribution >= 4 is 11.6 Å². The number of hydrogen-bond donors (Lipinski definition) is 1. The first-order valence-corrected chi connectivity index (χ1v) is 12.4. The Bertz CT molecular complexity index is 1160. The molecular weight excluding hydrogens is 460 g/mol. The summed E-state index contributed by atoms with van der Waals surface area (Å²) < 4.78 is 55.3. The summed E-state index contributed by atoms with van der Waals surface area (Å²) in [7, 11) is 0. The van der Waals surface area contributed by atoms with Crippen molar-refractivity contribution in [1.82, 2.24) is 14.9 Å². The molecule has 1 fully saturated rings. The Hall–Kier alpha value is -2.42. The van der Waals surface area contributed by atoms with Crippen LogP contribution in [0.1, 0.15) is 74.8 Å². The molecule has 5 rings (SSSR count). The van der Waals surface area contributed by atoms with Gasteiger partial charge in [0.05, 0.1) is 17.9 Å². The number of hydrogen-bond acceptors (Lipinski definition) is 3. The average molecular weight is 493 g/mol. The maximum Gasteiger partial charge on any atom is 0.389 e. The Labute approximate surface area is 202 Å². The van der Waals surface area contributed by atoms with Crippen LogP contribution in [0.5, 0.6) is 0 Å². The number of nitrogens with zero attached hydrogens (tertiary/aromatic N) is 3. The van der Waals surface area contributed by atoms with Crippen molar-refractivity contribution in [2.45, 2.75) is 89.4 Å². The maximum absolute atomic E-state index is 14.8. The van der Waals surface area contributed by atoms with E-state index in [2.05, 4.69) is 5.32 Å². The number of nitrogens with one attached hydrogen (secondary N) is 1. The summed E-state index contributed by atoms with van der Waals surface area (Å²) in [4.78, 5) is 20.3. The summed E-state index contributed by atoms with van der Waals surface area (Å²) in [6.45, 7) is 7.33. The van der Waals surface area contributed by atoms with Crippen LogP contribution in [0.25, 0.3) is 0 Å². The number of benzene rings is 1. The molecule has 1 aliphatic carbocycles. The van der Waals surface area contributed by atoms with Gasteiger partial charge in [-0.3, -0.25) is 4.79 Å². The molecule has 2 aromatic rings. The van der Waals surface area contributed by atoms with Crippen molar-refractivity contribution in [2.24, 2.45) is 0 Å². The van der Waals surface area contributed by atoms with E-state index in [-0.39, 0.29) is 30.8 Å². The van der Waals surface area contributed by atoms with Crippen LogP contribution < -0.4 is 10.2 Å².